The highest BCUT2D eigenvalue weighted by Crippen LogP contribution is 2.17. The van der Waals surface area contributed by atoms with Crippen LogP contribution < -0.4 is 15.0 Å². The van der Waals surface area contributed by atoms with Crippen molar-refractivity contribution in [1.29, 1.82) is 0 Å². The van der Waals surface area contributed by atoms with Gasteiger partial charge in [-0.15, -0.1) is 5.10 Å². The Morgan fingerprint density at radius 1 is 1.38 bits per heavy atom. The van der Waals surface area contributed by atoms with Crippen LogP contribution in [0, 0.1) is 0 Å². The second kappa shape index (κ2) is 6.32. The maximum Gasteiger partial charge on any atom is 0.244 e. The van der Waals surface area contributed by atoms with Gasteiger partial charge < -0.3 is 15.0 Å². The first-order valence-electron chi connectivity index (χ1n) is 6.99. The van der Waals surface area contributed by atoms with Crippen LogP contribution in [0.5, 0.6) is 5.75 Å². The van der Waals surface area contributed by atoms with Crippen molar-refractivity contribution in [2.75, 3.05) is 24.5 Å². The molecule has 0 aliphatic carbocycles. The monoisotopic (exact) mass is 307 g/mol. The third-order valence-electron chi connectivity index (χ3n) is 3.36. The molecule has 1 aromatic carbocycles. The van der Waals surface area contributed by atoms with Crippen LogP contribution in [0.2, 0.25) is 5.02 Å². The van der Waals surface area contributed by atoms with Crippen molar-refractivity contribution in [3.05, 3.63) is 35.1 Å². The quantitative estimate of drug-likeness (QED) is 0.902. The highest BCUT2D eigenvalue weighted by atomic mass is 35.5. The van der Waals surface area contributed by atoms with E-state index in [1.165, 1.54) is 0 Å². The number of benzene rings is 1. The molecular weight excluding hydrogens is 290 g/mol. The summed E-state index contributed by atoms with van der Waals surface area (Å²) in [6.45, 7) is 5.29. The summed E-state index contributed by atoms with van der Waals surface area (Å²) < 4.78 is 5.65. The number of piperazine rings is 1. The molecule has 1 atom stereocenters. The predicted molar refractivity (Wildman–Crippen MR) is 81.8 cm³/mol. The van der Waals surface area contributed by atoms with Crippen molar-refractivity contribution in [3.8, 4) is 5.75 Å². The Morgan fingerprint density at radius 3 is 2.95 bits per heavy atom. The molecule has 1 saturated heterocycles. The second-order valence-electron chi connectivity index (χ2n) is 5.13. The summed E-state index contributed by atoms with van der Waals surface area (Å²) in [5.41, 5.74) is 0. The van der Waals surface area contributed by atoms with Gasteiger partial charge in [-0.25, -0.2) is 0 Å². The van der Waals surface area contributed by atoms with E-state index in [4.69, 9.17) is 16.3 Å². The number of hydrogen-bond acceptors (Lipinski definition) is 5. The highest BCUT2D eigenvalue weighted by molar-refractivity contribution is 6.30. The van der Waals surface area contributed by atoms with E-state index in [-0.39, 0.29) is 0 Å². The fourth-order valence-electron chi connectivity index (χ4n) is 2.29. The van der Waals surface area contributed by atoms with Gasteiger partial charge in [0, 0.05) is 30.7 Å². The van der Waals surface area contributed by atoms with E-state index in [9.17, 15) is 0 Å². The molecule has 0 saturated carbocycles. The Bertz CT molecular complexity index is 585. The highest BCUT2D eigenvalue weighted by Gasteiger charge is 2.19. The van der Waals surface area contributed by atoms with Crippen LogP contribution in [0.15, 0.2) is 24.3 Å². The Labute approximate surface area is 128 Å². The van der Waals surface area contributed by atoms with E-state index in [1.807, 2.05) is 12.1 Å². The van der Waals surface area contributed by atoms with Crippen LogP contribution in [0.1, 0.15) is 12.7 Å². The van der Waals surface area contributed by atoms with Crippen LogP contribution >= 0.6 is 11.6 Å². The van der Waals surface area contributed by atoms with Gasteiger partial charge in [0.05, 0.1) is 0 Å². The Morgan fingerprint density at radius 2 is 2.19 bits per heavy atom. The average Bonchev–Trinajstić information content (AvgIpc) is 2.96. The Kier molecular flexibility index (Phi) is 4.26. The number of hydrogen-bond donors (Lipinski definition) is 2. The van der Waals surface area contributed by atoms with Crippen LogP contribution in [0.3, 0.4) is 0 Å². The lowest BCUT2D eigenvalue weighted by Gasteiger charge is -2.30. The number of halogens is 1. The van der Waals surface area contributed by atoms with Gasteiger partial charge in [0.15, 0.2) is 5.82 Å². The van der Waals surface area contributed by atoms with E-state index in [1.54, 1.807) is 12.1 Å². The van der Waals surface area contributed by atoms with Crippen LogP contribution in [-0.4, -0.2) is 40.9 Å². The number of rotatable bonds is 4. The van der Waals surface area contributed by atoms with Gasteiger partial charge >= 0.3 is 0 Å². The molecule has 0 amide bonds. The molecule has 3 rings (SSSR count). The lowest BCUT2D eigenvalue weighted by Crippen LogP contribution is -2.49. The number of anilines is 1. The van der Waals surface area contributed by atoms with Crippen molar-refractivity contribution < 1.29 is 4.74 Å². The molecular formula is C14H18ClN5O. The number of aromatic nitrogens is 3. The number of ether oxygens (including phenoxy) is 1. The molecule has 1 aliphatic heterocycles. The maximum atomic E-state index is 5.84. The number of nitrogens with one attached hydrogen (secondary N) is 2. The molecule has 2 heterocycles. The summed E-state index contributed by atoms with van der Waals surface area (Å²) in [5.74, 6) is 2.21. The topological polar surface area (TPSA) is 66.1 Å². The molecule has 7 heteroatoms. The van der Waals surface area contributed by atoms with Gasteiger partial charge in [0.1, 0.15) is 12.4 Å². The lowest BCUT2D eigenvalue weighted by atomic mass is 10.2. The molecule has 1 aliphatic rings. The molecule has 0 spiro atoms. The summed E-state index contributed by atoms with van der Waals surface area (Å²) >= 11 is 5.84. The summed E-state index contributed by atoms with van der Waals surface area (Å²) in [4.78, 5) is 6.65. The van der Waals surface area contributed by atoms with Crippen LogP contribution in [0.4, 0.5) is 5.95 Å². The summed E-state index contributed by atoms with van der Waals surface area (Å²) in [6, 6.07) is 7.70. The Hall–Kier alpha value is -1.79. The molecule has 0 bridgehead atoms. The smallest absolute Gasteiger partial charge is 0.244 e. The lowest BCUT2D eigenvalue weighted by molar-refractivity contribution is 0.296. The SMILES string of the molecule is CC1CN(c2n[nH]c(COc3ccc(Cl)cc3)n2)CCN1. The van der Waals surface area contributed by atoms with Gasteiger partial charge in [-0.3, -0.25) is 5.10 Å². The maximum absolute atomic E-state index is 5.84. The zero-order valence-corrected chi connectivity index (χ0v) is 12.6. The van der Waals surface area contributed by atoms with Gasteiger partial charge in [-0.1, -0.05) is 11.6 Å². The first-order chi connectivity index (χ1) is 10.2. The summed E-state index contributed by atoms with van der Waals surface area (Å²) in [5, 5.41) is 11.3. The number of aromatic amines is 1. The minimum atomic E-state index is 0.357. The fourth-order valence-corrected chi connectivity index (χ4v) is 2.41. The Balaban J connectivity index is 1.58. The van der Waals surface area contributed by atoms with Gasteiger partial charge in [-0.2, -0.15) is 4.98 Å². The van der Waals surface area contributed by atoms with Gasteiger partial charge in [-0.05, 0) is 31.2 Å². The molecule has 1 aromatic heterocycles. The predicted octanol–water partition coefficient (Wildman–Crippen LogP) is 1.84. The van der Waals surface area contributed by atoms with Crippen molar-refractivity contribution >= 4 is 17.5 Å². The van der Waals surface area contributed by atoms with Crippen molar-refractivity contribution in [1.82, 2.24) is 20.5 Å². The molecule has 2 aromatic rings. The largest absolute Gasteiger partial charge is 0.486 e. The van der Waals surface area contributed by atoms with E-state index in [0.717, 1.165) is 31.3 Å². The van der Waals surface area contributed by atoms with Crippen LogP contribution in [-0.2, 0) is 6.61 Å². The number of H-pyrrole nitrogens is 1. The van der Waals surface area contributed by atoms with Gasteiger partial charge in [0.2, 0.25) is 5.95 Å². The zero-order chi connectivity index (χ0) is 14.7. The summed E-state index contributed by atoms with van der Waals surface area (Å²) in [7, 11) is 0. The van der Waals surface area contributed by atoms with Crippen molar-refractivity contribution in [2.24, 2.45) is 0 Å². The molecule has 112 valence electrons. The molecule has 1 fully saturated rings. The number of nitrogens with zero attached hydrogens (tertiary/aromatic N) is 3. The van der Waals surface area contributed by atoms with E-state index >= 15 is 0 Å². The van der Waals surface area contributed by atoms with E-state index in [2.05, 4.69) is 32.3 Å². The molecule has 6 nitrogen and oxygen atoms in total. The average molecular weight is 308 g/mol. The molecule has 2 N–H and O–H groups in total. The molecule has 21 heavy (non-hydrogen) atoms. The first-order valence-corrected chi connectivity index (χ1v) is 7.36. The van der Waals surface area contributed by atoms with Crippen molar-refractivity contribution in [2.45, 2.75) is 19.6 Å². The first kappa shape index (κ1) is 14.2. The third kappa shape index (κ3) is 3.65. The minimum absolute atomic E-state index is 0.357. The minimum Gasteiger partial charge on any atom is -0.486 e. The van der Waals surface area contributed by atoms with Crippen LogP contribution in [0.25, 0.3) is 0 Å². The van der Waals surface area contributed by atoms with Gasteiger partial charge in [0.25, 0.3) is 0 Å². The normalized spacial score (nSPS) is 18.8. The van der Waals surface area contributed by atoms with E-state index in [0.29, 0.717) is 23.5 Å². The molecule has 1 unspecified atom stereocenters. The third-order valence-corrected chi connectivity index (χ3v) is 3.61. The standard InChI is InChI=1S/C14H18ClN5O/c1-10-8-20(7-6-16-10)14-17-13(18-19-14)9-21-12-4-2-11(15)3-5-12/h2-5,10,16H,6-9H2,1H3,(H,17,18,19). The fraction of sp³-hybridized carbons (Fsp3) is 0.429. The molecule has 0 radical (unpaired) electrons. The van der Waals surface area contributed by atoms with E-state index < -0.39 is 0 Å². The zero-order valence-electron chi connectivity index (χ0n) is 11.8. The van der Waals surface area contributed by atoms with Crippen molar-refractivity contribution in [3.63, 3.8) is 0 Å². The second-order valence-corrected chi connectivity index (χ2v) is 5.56. The summed E-state index contributed by atoms with van der Waals surface area (Å²) in [6.07, 6.45) is 0.